The number of methoxy groups -OCH3 is 1. The third-order valence-electron chi connectivity index (χ3n) is 4.41. The predicted octanol–water partition coefficient (Wildman–Crippen LogP) is 3.46. The molecule has 1 aromatic rings. The van der Waals surface area contributed by atoms with Gasteiger partial charge in [-0.3, -0.25) is 4.79 Å². The van der Waals surface area contributed by atoms with Crippen molar-refractivity contribution in [3.63, 3.8) is 0 Å². The number of rotatable bonds is 7. The van der Waals surface area contributed by atoms with Crippen LogP contribution in [0, 0.1) is 26.7 Å². The maximum Gasteiger partial charge on any atom is 0.322 e. The van der Waals surface area contributed by atoms with E-state index in [1.165, 1.54) is 29.4 Å². The zero-order chi connectivity index (χ0) is 16.0. The smallest absolute Gasteiger partial charge is 0.322 e. The molecule has 0 aliphatic rings. The number of ether oxygens (including phenoxy) is 1. The van der Waals surface area contributed by atoms with Crippen molar-refractivity contribution >= 4 is 5.97 Å². The first kappa shape index (κ1) is 17.7. The highest BCUT2D eigenvalue weighted by Gasteiger charge is 2.19. The highest BCUT2D eigenvalue weighted by atomic mass is 16.5. The Bertz CT molecular complexity index is 482. The summed E-state index contributed by atoms with van der Waals surface area (Å²) in [6.45, 7) is 8.64. The summed E-state index contributed by atoms with van der Waals surface area (Å²) in [5.41, 5.74) is 11.3. The molecule has 2 atom stereocenters. The van der Waals surface area contributed by atoms with Crippen LogP contribution >= 0.6 is 0 Å². The lowest BCUT2D eigenvalue weighted by molar-refractivity contribution is -0.142. The van der Waals surface area contributed by atoms with Crippen LogP contribution in [0.25, 0.3) is 0 Å². The van der Waals surface area contributed by atoms with Gasteiger partial charge in [-0.05, 0) is 62.6 Å². The fraction of sp³-hybridized carbons (Fsp3) is 0.611. The van der Waals surface area contributed by atoms with Crippen molar-refractivity contribution in [3.05, 3.63) is 34.4 Å². The van der Waals surface area contributed by atoms with E-state index in [1.807, 2.05) is 0 Å². The van der Waals surface area contributed by atoms with E-state index in [2.05, 4.69) is 39.8 Å². The molecule has 0 saturated heterocycles. The van der Waals surface area contributed by atoms with Gasteiger partial charge in [0.25, 0.3) is 0 Å². The second kappa shape index (κ2) is 8.18. The molecular weight excluding hydrogens is 262 g/mol. The van der Waals surface area contributed by atoms with Crippen molar-refractivity contribution in [1.29, 1.82) is 0 Å². The molecule has 0 spiro atoms. The molecule has 0 aliphatic heterocycles. The molecule has 0 aromatic heterocycles. The van der Waals surface area contributed by atoms with Crippen molar-refractivity contribution in [2.24, 2.45) is 11.7 Å². The Balaban J connectivity index is 2.65. The van der Waals surface area contributed by atoms with Crippen LogP contribution in [0.2, 0.25) is 0 Å². The summed E-state index contributed by atoms with van der Waals surface area (Å²) in [6.07, 6.45) is 3.84. The first-order valence-corrected chi connectivity index (χ1v) is 7.79. The average molecular weight is 291 g/mol. The van der Waals surface area contributed by atoms with Crippen molar-refractivity contribution in [1.82, 2.24) is 0 Å². The molecule has 2 N–H and O–H groups in total. The summed E-state index contributed by atoms with van der Waals surface area (Å²) in [5, 5.41) is 0. The van der Waals surface area contributed by atoms with E-state index >= 15 is 0 Å². The minimum Gasteiger partial charge on any atom is -0.468 e. The molecule has 0 fully saturated rings. The molecule has 0 amide bonds. The van der Waals surface area contributed by atoms with Crippen LogP contribution in [0.5, 0.6) is 0 Å². The monoisotopic (exact) mass is 291 g/mol. The lowest BCUT2D eigenvalue weighted by Gasteiger charge is -2.19. The number of aryl methyl sites for hydroxylation is 3. The molecule has 0 bridgehead atoms. The van der Waals surface area contributed by atoms with Gasteiger partial charge in [0.05, 0.1) is 7.11 Å². The van der Waals surface area contributed by atoms with Gasteiger partial charge in [-0.25, -0.2) is 0 Å². The maximum atomic E-state index is 11.4. The fourth-order valence-electron chi connectivity index (χ4n) is 2.84. The summed E-state index contributed by atoms with van der Waals surface area (Å²) in [7, 11) is 1.39. The third-order valence-corrected chi connectivity index (χ3v) is 4.41. The van der Waals surface area contributed by atoms with E-state index in [0.717, 1.165) is 19.3 Å². The van der Waals surface area contributed by atoms with Crippen molar-refractivity contribution in [2.45, 2.75) is 59.4 Å². The second-order valence-corrected chi connectivity index (χ2v) is 6.04. The molecule has 0 saturated carbocycles. The molecule has 0 heterocycles. The first-order chi connectivity index (χ1) is 9.88. The van der Waals surface area contributed by atoms with Crippen molar-refractivity contribution < 1.29 is 9.53 Å². The Morgan fingerprint density at radius 2 is 1.95 bits per heavy atom. The lowest BCUT2D eigenvalue weighted by atomic mass is 9.89. The highest BCUT2D eigenvalue weighted by Crippen LogP contribution is 2.22. The van der Waals surface area contributed by atoms with E-state index in [9.17, 15) is 4.79 Å². The Morgan fingerprint density at radius 1 is 1.29 bits per heavy atom. The van der Waals surface area contributed by atoms with E-state index in [1.54, 1.807) is 0 Å². The normalized spacial score (nSPS) is 13.8. The van der Waals surface area contributed by atoms with Crippen LogP contribution in [0.15, 0.2) is 12.1 Å². The second-order valence-electron chi connectivity index (χ2n) is 6.04. The summed E-state index contributed by atoms with van der Waals surface area (Å²) in [5.74, 6) is 0.148. The molecule has 3 nitrogen and oxygen atoms in total. The summed E-state index contributed by atoms with van der Waals surface area (Å²) >= 11 is 0. The van der Waals surface area contributed by atoms with E-state index in [0.29, 0.717) is 12.3 Å². The Hall–Kier alpha value is -1.35. The first-order valence-electron chi connectivity index (χ1n) is 7.79. The van der Waals surface area contributed by atoms with Gasteiger partial charge in [0, 0.05) is 0 Å². The summed E-state index contributed by atoms with van der Waals surface area (Å²) in [4.78, 5) is 11.4. The molecule has 21 heavy (non-hydrogen) atoms. The van der Waals surface area contributed by atoms with Crippen LogP contribution in [0.4, 0.5) is 0 Å². The van der Waals surface area contributed by atoms with Gasteiger partial charge in [-0.2, -0.15) is 0 Å². The summed E-state index contributed by atoms with van der Waals surface area (Å²) < 4.78 is 4.71. The van der Waals surface area contributed by atoms with Crippen molar-refractivity contribution in [2.75, 3.05) is 7.11 Å². The SMILES string of the molecule is CCC(CCc1cc(C)cc(C)c1C)CC(N)C(=O)OC. The zero-order valence-electron chi connectivity index (χ0n) is 14.0. The van der Waals surface area contributed by atoms with Crippen LogP contribution < -0.4 is 5.73 Å². The zero-order valence-corrected chi connectivity index (χ0v) is 14.0. The highest BCUT2D eigenvalue weighted by molar-refractivity contribution is 5.75. The minimum atomic E-state index is -0.500. The molecule has 2 unspecified atom stereocenters. The van der Waals surface area contributed by atoms with Gasteiger partial charge in [-0.15, -0.1) is 0 Å². The number of hydrogen-bond acceptors (Lipinski definition) is 3. The fourth-order valence-corrected chi connectivity index (χ4v) is 2.84. The molecule has 0 radical (unpaired) electrons. The van der Waals surface area contributed by atoms with Gasteiger partial charge in [-0.1, -0.05) is 31.0 Å². The minimum absolute atomic E-state index is 0.309. The molecule has 3 heteroatoms. The van der Waals surface area contributed by atoms with Crippen molar-refractivity contribution in [3.8, 4) is 0 Å². The Kier molecular flexibility index (Phi) is 6.90. The number of carbonyl (C=O) groups is 1. The maximum absolute atomic E-state index is 11.4. The van der Waals surface area contributed by atoms with Gasteiger partial charge in [0.15, 0.2) is 0 Å². The number of esters is 1. The van der Waals surface area contributed by atoms with Gasteiger partial charge in [0.1, 0.15) is 6.04 Å². The molecular formula is C18H29NO2. The molecule has 1 aromatic carbocycles. The van der Waals surface area contributed by atoms with Gasteiger partial charge in [0.2, 0.25) is 0 Å². The largest absolute Gasteiger partial charge is 0.468 e. The number of benzene rings is 1. The number of hydrogen-bond donors (Lipinski definition) is 1. The predicted molar refractivity (Wildman–Crippen MR) is 87.4 cm³/mol. The van der Waals surface area contributed by atoms with E-state index < -0.39 is 6.04 Å². The molecule has 1 rings (SSSR count). The topological polar surface area (TPSA) is 52.3 Å². The number of carbonyl (C=O) groups excluding carboxylic acids is 1. The van der Waals surface area contributed by atoms with Crippen LogP contribution in [-0.2, 0) is 16.0 Å². The standard InChI is InChI=1S/C18H29NO2/c1-6-15(11-17(19)18(20)21-5)7-8-16-10-12(2)9-13(3)14(16)4/h9-10,15,17H,6-8,11,19H2,1-5H3. The molecule has 0 aliphatic carbocycles. The van der Waals surface area contributed by atoms with E-state index in [4.69, 9.17) is 10.5 Å². The van der Waals surface area contributed by atoms with Crippen LogP contribution in [-0.4, -0.2) is 19.1 Å². The van der Waals surface area contributed by atoms with Crippen LogP contribution in [0.1, 0.15) is 48.4 Å². The molecule has 118 valence electrons. The quantitative estimate of drug-likeness (QED) is 0.783. The average Bonchev–Trinajstić information content (AvgIpc) is 2.46. The number of nitrogens with two attached hydrogens (primary N) is 1. The van der Waals surface area contributed by atoms with Crippen LogP contribution in [0.3, 0.4) is 0 Å². The van der Waals surface area contributed by atoms with Gasteiger partial charge < -0.3 is 10.5 Å². The Morgan fingerprint density at radius 3 is 2.52 bits per heavy atom. The Labute approximate surface area is 128 Å². The third kappa shape index (κ3) is 5.16. The summed E-state index contributed by atoms with van der Waals surface area (Å²) in [6, 6.07) is 4.00. The lowest BCUT2D eigenvalue weighted by Crippen LogP contribution is -2.33. The van der Waals surface area contributed by atoms with E-state index in [-0.39, 0.29) is 5.97 Å². The van der Waals surface area contributed by atoms with Gasteiger partial charge >= 0.3 is 5.97 Å².